The van der Waals surface area contributed by atoms with Crippen molar-refractivity contribution in [1.82, 2.24) is 29.9 Å². The van der Waals surface area contributed by atoms with Gasteiger partial charge in [-0.15, -0.1) is 0 Å². The summed E-state index contributed by atoms with van der Waals surface area (Å²) < 4.78 is 34.1. The van der Waals surface area contributed by atoms with E-state index in [-0.39, 0.29) is 11.6 Å². The first-order chi connectivity index (χ1) is 31.0. The van der Waals surface area contributed by atoms with Crippen molar-refractivity contribution < 1.29 is 13.2 Å². The Morgan fingerprint density at radius 3 is 1.24 bits per heavy atom. The summed E-state index contributed by atoms with van der Waals surface area (Å²) in [4.78, 5) is 29.2. The fourth-order valence-electron chi connectivity index (χ4n) is 7.93. The monoisotopic (exact) mass is 820 g/mol. The predicted molar refractivity (Wildman–Crippen MR) is 245 cm³/mol. The molecule has 0 amide bonds. The molecule has 0 atom stereocenters. The van der Waals surface area contributed by atoms with Crippen LogP contribution in [0.4, 0.5) is 8.78 Å². The highest BCUT2D eigenvalue weighted by Gasteiger charge is 2.17. The predicted octanol–water partition coefficient (Wildman–Crippen LogP) is 13.6. The molecule has 0 unspecified atom stereocenters. The molecular weight excluding hydrogens is 787 g/mol. The SMILES string of the molecule is Fc1ccc(-c2nc(C3=CC=CCC3)nc(-c3cccc(-c4ccc5oc6ccc(-c7cccc(-c8nc(-c9ccccc9)nc(-c9ccc(F)cc9)n8)c7)cc6c5c4)c3)n2)cc1. The van der Waals surface area contributed by atoms with Crippen LogP contribution in [0.25, 0.3) is 107 Å². The zero-order valence-corrected chi connectivity index (χ0v) is 33.6. The van der Waals surface area contributed by atoms with Crippen molar-refractivity contribution in [3.8, 4) is 79.2 Å². The highest BCUT2D eigenvalue weighted by Crippen LogP contribution is 2.37. The highest BCUT2D eigenvalue weighted by atomic mass is 19.1. The van der Waals surface area contributed by atoms with E-state index in [4.69, 9.17) is 34.3 Å². The zero-order valence-electron chi connectivity index (χ0n) is 33.6. The molecule has 0 spiro atoms. The maximum Gasteiger partial charge on any atom is 0.164 e. The van der Waals surface area contributed by atoms with E-state index in [1.807, 2.05) is 78.9 Å². The van der Waals surface area contributed by atoms with Gasteiger partial charge in [-0.1, -0.05) is 97.1 Å². The number of hydrogen-bond donors (Lipinski definition) is 0. The lowest BCUT2D eigenvalue weighted by Crippen LogP contribution is -2.03. The summed E-state index contributed by atoms with van der Waals surface area (Å²) in [5, 5.41) is 1.97. The smallest absolute Gasteiger partial charge is 0.164 e. The molecule has 63 heavy (non-hydrogen) atoms. The van der Waals surface area contributed by atoms with Crippen LogP contribution in [0.2, 0.25) is 0 Å². The van der Waals surface area contributed by atoms with Gasteiger partial charge in [0.05, 0.1) is 0 Å². The quantitative estimate of drug-likeness (QED) is 0.151. The molecule has 7 aromatic carbocycles. The largest absolute Gasteiger partial charge is 0.456 e. The molecule has 300 valence electrons. The molecule has 11 rings (SSSR count). The molecule has 0 saturated carbocycles. The Kier molecular flexibility index (Phi) is 9.54. The van der Waals surface area contributed by atoms with Crippen LogP contribution in [0, 0.1) is 11.6 Å². The molecule has 10 aromatic rings. The van der Waals surface area contributed by atoms with Gasteiger partial charge >= 0.3 is 0 Å². The number of fused-ring (bicyclic) bond motifs is 3. The van der Waals surface area contributed by atoms with E-state index < -0.39 is 0 Å². The molecule has 7 nitrogen and oxygen atoms in total. The van der Waals surface area contributed by atoms with Crippen molar-refractivity contribution in [1.29, 1.82) is 0 Å². The summed E-state index contributed by atoms with van der Waals surface area (Å²) >= 11 is 0. The molecule has 0 N–H and O–H groups in total. The second kappa shape index (κ2) is 15.9. The fraction of sp³-hybridized carbons (Fsp3) is 0.0370. The van der Waals surface area contributed by atoms with Crippen LogP contribution in [0.15, 0.2) is 186 Å². The van der Waals surface area contributed by atoms with Gasteiger partial charge in [-0.05, 0) is 126 Å². The second-order valence-electron chi connectivity index (χ2n) is 15.3. The van der Waals surface area contributed by atoms with Crippen molar-refractivity contribution in [2.45, 2.75) is 12.8 Å². The average Bonchev–Trinajstić information content (AvgIpc) is 3.72. The van der Waals surface area contributed by atoms with E-state index in [0.29, 0.717) is 46.1 Å². The number of benzene rings is 7. The lowest BCUT2D eigenvalue weighted by molar-refractivity contribution is 0.627. The van der Waals surface area contributed by atoms with E-state index >= 15 is 0 Å². The molecule has 3 heterocycles. The molecule has 1 aliphatic rings. The van der Waals surface area contributed by atoms with Gasteiger partial charge in [-0.2, -0.15) is 0 Å². The van der Waals surface area contributed by atoms with Crippen LogP contribution < -0.4 is 0 Å². The molecule has 3 aromatic heterocycles. The molecule has 0 bridgehead atoms. The van der Waals surface area contributed by atoms with Gasteiger partial charge < -0.3 is 4.42 Å². The number of halogens is 2. The zero-order chi connectivity index (χ0) is 42.3. The van der Waals surface area contributed by atoms with Gasteiger partial charge in [-0.25, -0.2) is 38.7 Å². The molecule has 0 fully saturated rings. The van der Waals surface area contributed by atoms with Gasteiger partial charge in [0.25, 0.3) is 0 Å². The standard InChI is InChI=1S/C54H34F2N6O/c55-43-23-17-35(18-24-43)51-57-49(33-9-3-1-4-10-33)59-53(61-51)41-15-7-13-37(29-41)39-21-27-47-45(31-39)46-32-40(22-28-48(46)63-47)38-14-8-16-42(30-38)54-60-50(34-11-5-2-6-12-34)58-52(62-54)36-19-25-44(56)26-20-36/h1-5,7-11,13-32H,6,12H2. The van der Waals surface area contributed by atoms with Gasteiger partial charge in [0.1, 0.15) is 22.8 Å². The summed E-state index contributed by atoms with van der Waals surface area (Å²) in [6.45, 7) is 0. The van der Waals surface area contributed by atoms with Crippen molar-refractivity contribution in [3.05, 3.63) is 199 Å². The first-order valence-corrected chi connectivity index (χ1v) is 20.6. The average molecular weight is 821 g/mol. The van der Waals surface area contributed by atoms with E-state index in [2.05, 4.69) is 54.6 Å². The van der Waals surface area contributed by atoms with Gasteiger partial charge in [-0.3, -0.25) is 0 Å². The number of allylic oxidation sites excluding steroid dienone is 4. The van der Waals surface area contributed by atoms with Crippen molar-refractivity contribution in [2.24, 2.45) is 0 Å². The number of furan rings is 1. The third-order valence-electron chi connectivity index (χ3n) is 11.2. The number of aromatic nitrogens is 6. The van der Waals surface area contributed by atoms with Gasteiger partial charge in [0, 0.05) is 38.6 Å². The first-order valence-electron chi connectivity index (χ1n) is 20.6. The molecular formula is C54H34F2N6O. The third kappa shape index (κ3) is 7.57. The number of hydrogen-bond acceptors (Lipinski definition) is 7. The summed E-state index contributed by atoms with van der Waals surface area (Å²) in [7, 11) is 0. The molecule has 0 saturated heterocycles. The van der Waals surface area contributed by atoms with Gasteiger partial charge in [0.15, 0.2) is 34.9 Å². The maximum atomic E-state index is 13.9. The second-order valence-corrected chi connectivity index (χ2v) is 15.3. The van der Waals surface area contributed by atoms with Crippen molar-refractivity contribution >= 4 is 27.5 Å². The lowest BCUT2D eigenvalue weighted by atomic mass is 9.98. The van der Waals surface area contributed by atoms with Crippen molar-refractivity contribution in [3.63, 3.8) is 0 Å². The lowest BCUT2D eigenvalue weighted by Gasteiger charge is -2.12. The normalized spacial score (nSPS) is 12.5. The Morgan fingerprint density at radius 1 is 0.365 bits per heavy atom. The highest BCUT2D eigenvalue weighted by molar-refractivity contribution is 6.07. The van der Waals surface area contributed by atoms with Gasteiger partial charge in [0.2, 0.25) is 0 Å². The molecule has 0 radical (unpaired) electrons. The fourth-order valence-corrected chi connectivity index (χ4v) is 7.93. The summed E-state index contributed by atoms with van der Waals surface area (Å²) in [6, 6.07) is 50.9. The van der Waals surface area contributed by atoms with Crippen LogP contribution in [-0.4, -0.2) is 29.9 Å². The number of rotatable bonds is 8. The van der Waals surface area contributed by atoms with E-state index in [9.17, 15) is 8.78 Å². The summed E-state index contributed by atoms with van der Waals surface area (Å²) in [5.74, 6) is 2.49. The van der Waals surface area contributed by atoms with Crippen LogP contribution in [0.1, 0.15) is 18.7 Å². The Balaban J connectivity index is 0.956. The van der Waals surface area contributed by atoms with E-state index in [0.717, 1.165) is 79.3 Å². The summed E-state index contributed by atoms with van der Waals surface area (Å²) in [5.41, 5.74) is 10.5. The minimum absolute atomic E-state index is 0.318. The van der Waals surface area contributed by atoms with Crippen LogP contribution in [0.3, 0.4) is 0 Å². The van der Waals surface area contributed by atoms with E-state index in [1.54, 1.807) is 24.3 Å². The topological polar surface area (TPSA) is 90.5 Å². The van der Waals surface area contributed by atoms with Crippen LogP contribution in [-0.2, 0) is 0 Å². The molecule has 0 aliphatic heterocycles. The Bertz CT molecular complexity index is 3420. The first kappa shape index (κ1) is 37.7. The number of nitrogens with zero attached hydrogens (tertiary/aromatic N) is 6. The molecule has 1 aliphatic carbocycles. The Morgan fingerprint density at radius 2 is 0.762 bits per heavy atom. The van der Waals surface area contributed by atoms with Crippen LogP contribution in [0.5, 0.6) is 0 Å². The third-order valence-corrected chi connectivity index (χ3v) is 11.2. The van der Waals surface area contributed by atoms with E-state index in [1.165, 1.54) is 24.3 Å². The summed E-state index contributed by atoms with van der Waals surface area (Å²) in [6.07, 6.45) is 7.93. The van der Waals surface area contributed by atoms with Crippen LogP contribution >= 0.6 is 0 Å². The minimum atomic E-state index is -0.327. The maximum absolute atomic E-state index is 13.9. The minimum Gasteiger partial charge on any atom is -0.456 e. The molecule has 9 heteroatoms. The Labute approximate surface area is 360 Å². The Hall–Kier alpha value is -8.30. The van der Waals surface area contributed by atoms with Crippen molar-refractivity contribution in [2.75, 3.05) is 0 Å².